The summed E-state index contributed by atoms with van der Waals surface area (Å²) < 4.78 is 1.45. The van der Waals surface area contributed by atoms with E-state index in [2.05, 4.69) is 27.4 Å². The van der Waals surface area contributed by atoms with E-state index in [0.29, 0.717) is 22.4 Å². The number of carboxylic acids is 1. The summed E-state index contributed by atoms with van der Waals surface area (Å²) in [5.74, 6) is 4.18. The number of hydrogen-bond acceptors (Lipinski definition) is 6. The number of carbonyl (C=O) groups is 3. The molecule has 0 radical (unpaired) electrons. The minimum absolute atomic E-state index is 0.00614. The Morgan fingerprint density at radius 1 is 0.971 bits per heavy atom. The molecule has 34 heavy (non-hydrogen) atoms. The summed E-state index contributed by atoms with van der Waals surface area (Å²) in [7, 11) is 0. The molecule has 0 bridgehead atoms. The van der Waals surface area contributed by atoms with Gasteiger partial charge in [-0.05, 0) is 55.3 Å². The fourth-order valence-corrected chi connectivity index (χ4v) is 3.22. The quantitative estimate of drug-likeness (QED) is 0.361. The van der Waals surface area contributed by atoms with Crippen LogP contribution in [0.1, 0.15) is 54.9 Å². The molecule has 0 aliphatic carbocycles. The number of aromatic nitrogens is 3. The van der Waals surface area contributed by atoms with Crippen molar-refractivity contribution in [3.05, 3.63) is 94.4 Å². The second-order valence-electron chi connectivity index (χ2n) is 7.20. The van der Waals surface area contributed by atoms with E-state index >= 15 is 0 Å². The second kappa shape index (κ2) is 9.07. The number of nitriles is 1. The van der Waals surface area contributed by atoms with E-state index in [4.69, 9.17) is 0 Å². The monoisotopic (exact) mass is 449 g/mol. The van der Waals surface area contributed by atoms with Crippen LogP contribution < -0.4 is 5.32 Å². The lowest BCUT2D eigenvalue weighted by molar-refractivity contribution is 0.0697. The summed E-state index contributed by atoms with van der Waals surface area (Å²) in [6.45, 7) is 1.42. The van der Waals surface area contributed by atoms with Gasteiger partial charge in [0.2, 0.25) is 5.82 Å². The Bertz CT molecular complexity index is 1580. The van der Waals surface area contributed by atoms with Crippen LogP contribution in [0.15, 0.2) is 60.8 Å². The van der Waals surface area contributed by atoms with Crippen LogP contribution >= 0.6 is 0 Å². The van der Waals surface area contributed by atoms with Crippen LogP contribution in [0.3, 0.4) is 0 Å². The van der Waals surface area contributed by atoms with Crippen LogP contribution in [0.4, 0.5) is 5.69 Å². The molecule has 2 aromatic carbocycles. The van der Waals surface area contributed by atoms with Crippen LogP contribution in [-0.4, -0.2) is 37.4 Å². The highest BCUT2D eigenvalue weighted by atomic mass is 16.4. The van der Waals surface area contributed by atoms with Crippen molar-refractivity contribution in [3.8, 4) is 17.9 Å². The number of ketones is 1. The molecule has 2 aromatic heterocycles. The van der Waals surface area contributed by atoms with E-state index in [-0.39, 0.29) is 28.4 Å². The Labute approximate surface area is 193 Å². The zero-order valence-electron chi connectivity index (χ0n) is 17.7. The van der Waals surface area contributed by atoms with Gasteiger partial charge in [0.25, 0.3) is 5.91 Å². The smallest absolute Gasteiger partial charge is 0.339 e. The number of carbonyl (C=O) groups excluding carboxylic acids is 2. The van der Waals surface area contributed by atoms with Gasteiger partial charge < -0.3 is 10.4 Å². The Morgan fingerprint density at radius 2 is 1.74 bits per heavy atom. The van der Waals surface area contributed by atoms with Gasteiger partial charge in [0.05, 0.1) is 11.6 Å². The number of aromatic carboxylic acids is 1. The predicted octanol–water partition coefficient (Wildman–Crippen LogP) is 3.15. The Kier molecular flexibility index (Phi) is 5.85. The molecule has 4 rings (SSSR count). The third kappa shape index (κ3) is 4.49. The van der Waals surface area contributed by atoms with E-state index in [0.717, 1.165) is 0 Å². The molecule has 164 valence electrons. The maximum atomic E-state index is 12.7. The zero-order valence-corrected chi connectivity index (χ0v) is 17.7. The number of anilines is 1. The van der Waals surface area contributed by atoms with E-state index in [1.807, 2.05) is 6.07 Å². The first kappa shape index (κ1) is 21.9. The highest BCUT2D eigenvalue weighted by Crippen LogP contribution is 2.17. The van der Waals surface area contributed by atoms with Crippen molar-refractivity contribution in [3.63, 3.8) is 0 Å². The minimum Gasteiger partial charge on any atom is -0.478 e. The van der Waals surface area contributed by atoms with Crippen molar-refractivity contribution >= 4 is 29.0 Å². The lowest BCUT2D eigenvalue weighted by Gasteiger charge is -2.07. The van der Waals surface area contributed by atoms with Crippen LogP contribution in [0.2, 0.25) is 0 Å². The van der Waals surface area contributed by atoms with Crippen LogP contribution in [0.25, 0.3) is 5.65 Å². The van der Waals surface area contributed by atoms with Gasteiger partial charge >= 0.3 is 5.97 Å². The summed E-state index contributed by atoms with van der Waals surface area (Å²) in [6, 6.07) is 16.0. The number of benzene rings is 2. The largest absolute Gasteiger partial charge is 0.478 e. The highest BCUT2D eigenvalue weighted by Gasteiger charge is 2.13. The molecule has 1 amide bonds. The van der Waals surface area contributed by atoms with Crippen molar-refractivity contribution < 1.29 is 19.5 Å². The third-order valence-electron chi connectivity index (χ3n) is 4.84. The summed E-state index contributed by atoms with van der Waals surface area (Å²) in [4.78, 5) is 35.6. The maximum absolute atomic E-state index is 12.7. The number of nitrogens with zero attached hydrogens (tertiary/aromatic N) is 4. The molecule has 0 aliphatic rings. The van der Waals surface area contributed by atoms with Gasteiger partial charge in [-0.1, -0.05) is 18.1 Å². The average molecular weight is 449 g/mol. The molecule has 0 saturated carbocycles. The zero-order chi connectivity index (χ0) is 24.2. The summed E-state index contributed by atoms with van der Waals surface area (Å²) in [5, 5.41) is 29.2. The fourth-order valence-electron chi connectivity index (χ4n) is 3.22. The van der Waals surface area contributed by atoms with E-state index in [1.54, 1.807) is 42.6 Å². The highest BCUT2D eigenvalue weighted by molar-refractivity contribution is 6.06. The SMILES string of the molecule is CC(=O)c1cccc(C(=O)Nc2cc(C#N)cc(C#Cc3nnc4c(C(=O)O)cccn34)c2)c1. The number of amides is 1. The van der Waals surface area contributed by atoms with Gasteiger partial charge in [-0.3, -0.25) is 14.0 Å². The molecule has 0 spiro atoms. The van der Waals surface area contributed by atoms with Gasteiger partial charge in [0.1, 0.15) is 5.56 Å². The normalized spacial score (nSPS) is 10.1. The summed E-state index contributed by atoms with van der Waals surface area (Å²) in [5.41, 5.74) is 1.92. The van der Waals surface area contributed by atoms with Crippen molar-refractivity contribution in [2.75, 3.05) is 5.32 Å². The molecule has 0 aliphatic heterocycles. The van der Waals surface area contributed by atoms with Gasteiger partial charge in [0, 0.05) is 28.6 Å². The molecular weight excluding hydrogens is 434 g/mol. The number of carboxylic acid groups (broad SMARTS) is 1. The van der Waals surface area contributed by atoms with Crippen LogP contribution in [0, 0.1) is 23.2 Å². The maximum Gasteiger partial charge on any atom is 0.339 e. The molecule has 0 saturated heterocycles. The van der Waals surface area contributed by atoms with Gasteiger partial charge in [-0.25, -0.2) is 4.79 Å². The van der Waals surface area contributed by atoms with Crippen LogP contribution in [-0.2, 0) is 0 Å². The topological polar surface area (TPSA) is 137 Å². The van der Waals surface area contributed by atoms with Crippen LogP contribution in [0.5, 0.6) is 0 Å². The van der Waals surface area contributed by atoms with Crippen molar-refractivity contribution in [2.45, 2.75) is 6.92 Å². The molecule has 0 unspecified atom stereocenters. The van der Waals surface area contributed by atoms with E-state index in [9.17, 15) is 24.8 Å². The molecule has 4 aromatic rings. The number of pyridine rings is 1. The number of Topliss-reactive ketones (excluding diaryl/α,β-unsaturated/α-hetero) is 1. The molecule has 9 heteroatoms. The standard InChI is InChI=1S/C25H15N5O4/c1-15(31)18-4-2-5-19(13-18)24(32)27-20-11-16(10-17(12-20)14-26)7-8-22-28-29-23-21(25(33)34)6-3-9-30(22)23/h2-6,9-13H,1H3,(H,27,32)(H,33,34). The lowest BCUT2D eigenvalue weighted by Crippen LogP contribution is -2.12. The third-order valence-corrected chi connectivity index (χ3v) is 4.84. The van der Waals surface area contributed by atoms with Gasteiger partial charge in [-0.15, -0.1) is 10.2 Å². The van der Waals surface area contributed by atoms with Gasteiger partial charge in [-0.2, -0.15) is 5.26 Å². The van der Waals surface area contributed by atoms with Crippen molar-refractivity contribution in [2.24, 2.45) is 0 Å². The Hall–Kier alpha value is -5.28. The molecule has 2 heterocycles. The first-order chi connectivity index (χ1) is 16.4. The second-order valence-corrected chi connectivity index (χ2v) is 7.20. The van der Waals surface area contributed by atoms with Crippen molar-refractivity contribution in [1.29, 1.82) is 5.26 Å². The predicted molar refractivity (Wildman–Crippen MR) is 121 cm³/mol. The molecule has 0 fully saturated rings. The number of nitrogens with one attached hydrogen (secondary N) is 1. The Morgan fingerprint density at radius 3 is 2.47 bits per heavy atom. The minimum atomic E-state index is -1.13. The summed E-state index contributed by atoms with van der Waals surface area (Å²) in [6.07, 6.45) is 1.60. The molecular formula is C25H15N5O4. The van der Waals surface area contributed by atoms with E-state index in [1.165, 1.54) is 29.5 Å². The van der Waals surface area contributed by atoms with E-state index < -0.39 is 11.9 Å². The Balaban J connectivity index is 1.65. The lowest BCUT2D eigenvalue weighted by atomic mass is 10.1. The fraction of sp³-hybridized carbons (Fsp3) is 0.0400. The average Bonchev–Trinajstić information content (AvgIpc) is 3.25. The number of fused-ring (bicyclic) bond motifs is 1. The van der Waals surface area contributed by atoms with Gasteiger partial charge in [0.15, 0.2) is 11.4 Å². The molecule has 2 N–H and O–H groups in total. The summed E-state index contributed by atoms with van der Waals surface area (Å²) >= 11 is 0. The number of rotatable bonds is 4. The van der Waals surface area contributed by atoms with Crippen molar-refractivity contribution in [1.82, 2.24) is 14.6 Å². The molecule has 0 atom stereocenters. The first-order valence-corrected chi connectivity index (χ1v) is 9.92. The molecule has 9 nitrogen and oxygen atoms in total. The first-order valence-electron chi connectivity index (χ1n) is 9.92. The number of hydrogen-bond donors (Lipinski definition) is 2.